The average molecular weight is 685 g/mol. The van der Waals surface area contributed by atoms with Crippen LogP contribution in [-0.2, 0) is 0 Å². The zero-order valence-corrected chi connectivity index (χ0v) is 30.0. The lowest BCUT2D eigenvalue weighted by Crippen LogP contribution is -2.02. The van der Waals surface area contributed by atoms with Gasteiger partial charge in [0.2, 0.25) is 0 Å². The SMILES string of the molecule is C(/C=C1\CCCC(/C=C/c2cc(-c3ccccc3)cc(-c3ccccc3)c2)=C1c1ccccc1)=C1C=C(c2ccccc2)SC(c2ccccc2)=C1. The van der Waals surface area contributed by atoms with Crippen molar-refractivity contribution in [2.45, 2.75) is 19.3 Å². The fourth-order valence-corrected chi connectivity index (χ4v) is 8.21. The Labute approximate surface area is 312 Å². The second kappa shape index (κ2) is 16.0. The van der Waals surface area contributed by atoms with Crippen LogP contribution in [0.25, 0.3) is 43.7 Å². The fourth-order valence-electron chi connectivity index (χ4n) is 7.08. The molecule has 0 amide bonds. The Morgan fingerprint density at radius 3 is 1.37 bits per heavy atom. The molecule has 0 spiro atoms. The lowest BCUT2D eigenvalue weighted by Gasteiger charge is -2.22. The number of allylic oxidation sites excluding steroid dienone is 9. The van der Waals surface area contributed by atoms with E-state index in [1.165, 1.54) is 76.6 Å². The maximum atomic E-state index is 2.38. The van der Waals surface area contributed by atoms with Crippen molar-refractivity contribution >= 4 is 33.2 Å². The summed E-state index contributed by atoms with van der Waals surface area (Å²) >= 11 is 1.85. The van der Waals surface area contributed by atoms with Gasteiger partial charge in [0.1, 0.15) is 0 Å². The third kappa shape index (κ3) is 7.86. The molecule has 0 saturated heterocycles. The Hall–Kier alpha value is -5.89. The second-order valence-electron chi connectivity index (χ2n) is 13.2. The first-order chi connectivity index (χ1) is 25.8. The molecule has 6 aromatic rings. The van der Waals surface area contributed by atoms with Gasteiger partial charge in [-0.3, -0.25) is 0 Å². The largest absolute Gasteiger partial charge is 0.0888 e. The van der Waals surface area contributed by atoms with Gasteiger partial charge in [0.15, 0.2) is 0 Å². The quantitative estimate of drug-likeness (QED) is 0.154. The van der Waals surface area contributed by atoms with Crippen molar-refractivity contribution in [3.05, 3.63) is 239 Å². The van der Waals surface area contributed by atoms with Crippen LogP contribution in [0.4, 0.5) is 0 Å². The molecular weight excluding hydrogens is 645 g/mol. The van der Waals surface area contributed by atoms with Crippen molar-refractivity contribution in [3.8, 4) is 22.3 Å². The lowest BCUT2D eigenvalue weighted by atomic mass is 9.82. The maximum absolute atomic E-state index is 2.38. The third-order valence-corrected chi connectivity index (χ3v) is 10.8. The summed E-state index contributed by atoms with van der Waals surface area (Å²) in [6, 6.07) is 60.8. The molecule has 250 valence electrons. The molecule has 0 nitrogen and oxygen atoms in total. The van der Waals surface area contributed by atoms with E-state index in [0.29, 0.717) is 0 Å². The molecule has 1 aliphatic carbocycles. The van der Waals surface area contributed by atoms with Crippen LogP contribution in [0.5, 0.6) is 0 Å². The van der Waals surface area contributed by atoms with Crippen LogP contribution in [0.15, 0.2) is 217 Å². The van der Waals surface area contributed by atoms with Crippen LogP contribution in [0.2, 0.25) is 0 Å². The highest BCUT2D eigenvalue weighted by molar-refractivity contribution is 8.16. The van der Waals surface area contributed by atoms with E-state index in [1.807, 2.05) is 11.8 Å². The monoisotopic (exact) mass is 684 g/mol. The highest BCUT2D eigenvalue weighted by Gasteiger charge is 2.18. The summed E-state index contributed by atoms with van der Waals surface area (Å²) in [6.45, 7) is 0. The smallest absolute Gasteiger partial charge is 0.0200 e. The normalized spacial score (nSPS) is 15.5. The molecule has 0 radical (unpaired) electrons. The van der Waals surface area contributed by atoms with Crippen LogP contribution in [0, 0.1) is 0 Å². The molecule has 0 saturated carbocycles. The van der Waals surface area contributed by atoms with Gasteiger partial charge in [-0.15, -0.1) is 0 Å². The maximum Gasteiger partial charge on any atom is 0.0200 e. The average Bonchev–Trinajstić information content (AvgIpc) is 3.23. The van der Waals surface area contributed by atoms with Crippen LogP contribution in [0.1, 0.15) is 41.5 Å². The van der Waals surface area contributed by atoms with Crippen molar-refractivity contribution in [3.63, 3.8) is 0 Å². The zero-order chi connectivity index (χ0) is 35.0. The molecule has 0 atom stereocenters. The molecular formula is C51H40S. The molecule has 0 unspecified atom stereocenters. The minimum atomic E-state index is 1.05. The summed E-state index contributed by atoms with van der Waals surface area (Å²) in [5.41, 5.74) is 15.2. The molecule has 0 N–H and O–H groups in total. The minimum Gasteiger partial charge on any atom is -0.0888 e. The van der Waals surface area contributed by atoms with E-state index >= 15 is 0 Å². The highest BCUT2D eigenvalue weighted by atomic mass is 32.2. The van der Waals surface area contributed by atoms with Crippen molar-refractivity contribution in [1.29, 1.82) is 0 Å². The molecule has 8 rings (SSSR count). The molecule has 1 heteroatoms. The predicted octanol–water partition coefficient (Wildman–Crippen LogP) is 14.4. The summed E-state index contributed by atoms with van der Waals surface area (Å²) in [4.78, 5) is 2.54. The van der Waals surface area contributed by atoms with Gasteiger partial charge < -0.3 is 0 Å². The molecule has 6 aromatic carbocycles. The summed E-state index contributed by atoms with van der Waals surface area (Å²) in [7, 11) is 0. The molecule has 0 aromatic heterocycles. The molecule has 1 aliphatic heterocycles. The number of hydrogen-bond donors (Lipinski definition) is 0. The Morgan fingerprint density at radius 2 is 0.865 bits per heavy atom. The Balaban J connectivity index is 1.21. The van der Waals surface area contributed by atoms with Gasteiger partial charge >= 0.3 is 0 Å². The third-order valence-electron chi connectivity index (χ3n) is 9.65. The van der Waals surface area contributed by atoms with Gasteiger partial charge in [-0.1, -0.05) is 188 Å². The van der Waals surface area contributed by atoms with Crippen LogP contribution >= 0.6 is 11.8 Å². The molecule has 1 heterocycles. The zero-order valence-electron chi connectivity index (χ0n) is 29.2. The van der Waals surface area contributed by atoms with Crippen LogP contribution < -0.4 is 0 Å². The fraction of sp³-hybridized carbons (Fsp3) is 0.0588. The summed E-state index contributed by atoms with van der Waals surface area (Å²) < 4.78 is 0. The second-order valence-corrected chi connectivity index (χ2v) is 14.3. The number of benzene rings is 6. The van der Waals surface area contributed by atoms with E-state index in [1.54, 1.807) is 0 Å². The summed E-state index contributed by atoms with van der Waals surface area (Å²) in [5, 5.41) is 0. The van der Waals surface area contributed by atoms with E-state index in [9.17, 15) is 0 Å². The molecule has 0 bridgehead atoms. The first kappa shape index (κ1) is 33.3. The number of thioether (sulfide) groups is 1. The van der Waals surface area contributed by atoms with Crippen molar-refractivity contribution in [1.82, 2.24) is 0 Å². The first-order valence-corrected chi connectivity index (χ1v) is 18.9. The van der Waals surface area contributed by atoms with E-state index in [2.05, 4.69) is 206 Å². The van der Waals surface area contributed by atoms with Crippen molar-refractivity contribution in [2.24, 2.45) is 0 Å². The van der Waals surface area contributed by atoms with E-state index < -0.39 is 0 Å². The minimum absolute atomic E-state index is 1.05. The van der Waals surface area contributed by atoms with Gasteiger partial charge in [0, 0.05) is 9.81 Å². The molecule has 2 aliphatic rings. The topological polar surface area (TPSA) is 0 Å². The highest BCUT2D eigenvalue weighted by Crippen LogP contribution is 2.44. The Morgan fingerprint density at radius 1 is 0.404 bits per heavy atom. The number of rotatable bonds is 8. The van der Waals surface area contributed by atoms with Gasteiger partial charge in [-0.25, -0.2) is 0 Å². The van der Waals surface area contributed by atoms with Crippen molar-refractivity contribution in [2.75, 3.05) is 0 Å². The van der Waals surface area contributed by atoms with Gasteiger partial charge in [0.25, 0.3) is 0 Å². The summed E-state index contributed by atoms with van der Waals surface area (Å²) in [5.74, 6) is 0. The predicted molar refractivity (Wildman–Crippen MR) is 226 cm³/mol. The Bertz CT molecular complexity index is 2220. The first-order valence-electron chi connectivity index (χ1n) is 18.1. The molecule has 52 heavy (non-hydrogen) atoms. The Kier molecular flexibility index (Phi) is 10.2. The van der Waals surface area contributed by atoms with Crippen molar-refractivity contribution < 1.29 is 0 Å². The molecule has 0 fully saturated rings. The van der Waals surface area contributed by atoms with E-state index in [0.717, 1.165) is 19.3 Å². The number of hydrogen-bond acceptors (Lipinski definition) is 1. The lowest BCUT2D eigenvalue weighted by molar-refractivity contribution is 0.806. The van der Waals surface area contributed by atoms with Gasteiger partial charge in [0.05, 0.1) is 0 Å². The van der Waals surface area contributed by atoms with Gasteiger partial charge in [-0.2, -0.15) is 0 Å². The van der Waals surface area contributed by atoms with E-state index in [-0.39, 0.29) is 0 Å². The van der Waals surface area contributed by atoms with E-state index in [4.69, 9.17) is 0 Å². The standard InChI is InChI=1S/C51H40S/c1-6-17-40(18-7-1)47-33-38(34-48(37-47)41-19-8-2-9-20-41)29-31-45-27-16-28-46(51(45)44-25-14-5-15-26-44)32-30-39-35-49(42-21-10-3-11-22-42)52-50(36-39)43-23-12-4-13-24-43/h1-15,17-26,29-37H,16,27-28H2/b31-29+,46-32+. The van der Waals surface area contributed by atoms with Crippen LogP contribution in [0.3, 0.4) is 0 Å². The van der Waals surface area contributed by atoms with Gasteiger partial charge in [-0.05, 0) is 116 Å². The van der Waals surface area contributed by atoms with Crippen LogP contribution in [-0.4, -0.2) is 0 Å². The summed E-state index contributed by atoms with van der Waals surface area (Å²) in [6.07, 6.45) is 17.3.